The van der Waals surface area contributed by atoms with Gasteiger partial charge in [-0.15, -0.1) is 0 Å². The van der Waals surface area contributed by atoms with E-state index in [4.69, 9.17) is 10.00 Å². The van der Waals surface area contributed by atoms with Crippen molar-refractivity contribution in [3.63, 3.8) is 0 Å². The number of hydrogen-bond donors (Lipinski definition) is 0. The SMILES string of the molecule is CCN(CC)c1ccc(OCC#N)c(C=O)c1. The summed E-state index contributed by atoms with van der Waals surface area (Å²) in [6, 6.07) is 7.29. The van der Waals surface area contributed by atoms with Crippen LogP contribution in [0.5, 0.6) is 5.75 Å². The lowest BCUT2D eigenvalue weighted by molar-refractivity contribution is 0.112. The Hall–Kier alpha value is -2.02. The topological polar surface area (TPSA) is 53.3 Å². The highest BCUT2D eigenvalue weighted by Crippen LogP contribution is 2.23. The summed E-state index contributed by atoms with van der Waals surface area (Å²) in [5.74, 6) is 0.456. The van der Waals surface area contributed by atoms with Gasteiger partial charge in [0.2, 0.25) is 0 Å². The molecule has 0 unspecified atom stereocenters. The van der Waals surface area contributed by atoms with Crippen molar-refractivity contribution in [3.05, 3.63) is 23.8 Å². The maximum atomic E-state index is 11.0. The number of anilines is 1. The van der Waals surface area contributed by atoms with Gasteiger partial charge in [-0.2, -0.15) is 5.26 Å². The zero-order chi connectivity index (χ0) is 12.7. The van der Waals surface area contributed by atoms with Crippen molar-refractivity contribution in [1.82, 2.24) is 0 Å². The van der Waals surface area contributed by atoms with Crippen LogP contribution in [0.15, 0.2) is 18.2 Å². The van der Waals surface area contributed by atoms with Crippen LogP contribution in [-0.2, 0) is 0 Å². The highest BCUT2D eigenvalue weighted by atomic mass is 16.5. The Balaban J connectivity index is 2.99. The summed E-state index contributed by atoms with van der Waals surface area (Å²) in [5, 5.41) is 8.44. The van der Waals surface area contributed by atoms with Crippen molar-refractivity contribution in [2.24, 2.45) is 0 Å². The van der Waals surface area contributed by atoms with E-state index in [1.807, 2.05) is 12.1 Å². The van der Waals surface area contributed by atoms with Crippen molar-refractivity contribution in [2.45, 2.75) is 13.8 Å². The quantitative estimate of drug-likeness (QED) is 0.706. The summed E-state index contributed by atoms with van der Waals surface area (Å²) in [6.45, 7) is 5.83. The minimum absolute atomic E-state index is 0.0501. The Morgan fingerprint density at radius 2 is 2.12 bits per heavy atom. The molecule has 0 fully saturated rings. The van der Waals surface area contributed by atoms with Crippen molar-refractivity contribution in [3.8, 4) is 11.8 Å². The standard InChI is InChI=1S/C13H16N2O2/c1-3-15(4-2)12-5-6-13(17-8-7-14)11(9-12)10-16/h5-6,9-10H,3-4,8H2,1-2H3. The van der Waals surface area contributed by atoms with E-state index in [1.165, 1.54) is 0 Å². The van der Waals surface area contributed by atoms with Crippen LogP contribution in [0.25, 0.3) is 0 Å². The zero-order valence-corrected chi connectivity index (χ0v) is 10.1. The first-order valence-electron chi connectivity index (χ1n) is 5.60. The maximum Gasteiger partial charge on any atom is 0.174 e. The molecule has 0 aromatic heterocycles. The number of ether oxygens (including phenoxy) is 1. The molecule has 1 aromatic rings. The van der Waals surface area contributed by atoms with Crippen LogP contribution in [0.4, 0.5) is 5.69 Å². The Morgan fingerprint density at radius 1 is 1.41 bits per heavy atom. The predicted molar refractivity (Wildman–Crippen MR) is 66.5 cm³/mol. The smallest absolute Gasteiger partial charge is 0.174 e. The molecule has 90 valence electrons. The number of nitriles is 1. The van der Waals surface area contributed by atoms with E-state index in [1.54, 1.807) is 12.1 Å². The van der Waals surface area contributed by atoms with Gasteiger partial charge in [-0.05, 0) is 32.0 Å². The largest absolute Gasteiger partial charge is 0.478 e. The number of benzene rings is 1. The second kappa shape index (κ2) is 6.54. The van der Waals surface area contributed by atoms with E-state index in [2.05, 4.69) is 18.7 Å². The Morgan fingerprint density at radius 3 is 2.65 bits per heavy atom. The molecule has 0 aliphatic rings. The number of carbonyl (C=O) groups excluding carboxylic acids is 1. The molecular weight excluding hydrogens is 216 g/mol. The number of rotatable bonds is 6. The molecular formula is C13H16N2O2. The minimum atomic E-state index is -0.0501. The molecule has 0 amide bonds. The van der Waals surface area contributed by atoms with Crippen LogP contribution in [0.3, 0.4) is 0 Å². The molecule has 0 spiro atoms. The lowest BCUT2D eigenvalue weighted by Gasteiger charge is -2.21. The van der Waals surface area contributed by atoms with Gasteiger partial charge in [-0.1, -0.05) is 0 Å². The van der Waals surface area contributed by atoms with E-state index in [-0.39, 0.29) is 6.61 Å². The number of nitrogens with zero attached hydrogens (tertiary/aromatic N) is 2. The van der Waals surface area contributed by atoms with E-state index in [0.29, 0.717) is 11.3 Å². The molecule has 0 aliphatic carbocycles. The molecule has 0 bridgehead atoms. The summed E-state index contributed by atoms with van der Waals surface area (Å²) >= 11 is 0. The van der Waals surface area contributed by atoms with Gasteiger partial charge in [-0.25, -0.2) is 0 Å². The minimum Gasteiger partial charge on any atom is -0.478 e. The first-order chi connectivity index (χ1) is 8.26. The first kappa shape index (κ1) is 13.0. The van der Waals surface area contributed by atoms with Crippen LogP contribution < -0.4 is 9.64 Å². The molecule has 0 heterocycles. The van der Waals surface area contributed by atoms with Gasteiger partial charge in [0.1, 0.15) is 11.8 Å². The van der Waals surface area contributed by atoms with Crippen LogP contribution >= 0.6 is 0 Å². The fourth-order valence-corrected chi connectivity index (χ4v) is 1.65. The van der Waals surface area contributed by atoms with Crippen molar-refractivity contribution >= 4 is 12.0 Å². The Kier molecular flexibility index (Phi) is 5.02. The summed E-state index contributed by atoms with van der Waals surface area (Å²) < 4.78 is 5.17. The fourth-order valence-electron chi connectivity index (χ4n) is 1.65. The Bertz CT molecular complexity index is 420. The summed E-state index contributed by atoms with van der Waals surface area (Å²) in [7, 11) is 0. The summed E-state index contributed by atoms with van der Waals surface area (Å²) in [5.41, 5.74) is 1.46. The third-order valence-electron chi connectivity index (χ3n) is 2.54. The van der Waals surface area contributed by atoms with Gasteiger partial charge >= 0.3 is 0 Å². The molecule has 0 atom stereocenters. The third-order valence-corrected chi connectivity index (χ3v) is 2.54. The normalized spacial score (nSPS) is 9.47. The van der Waals surface area contributed by atoms with Crippen LogP contribution in [0, 0.1) is 11.3 Å². The number of hydrogen-bond acceptors (Lipinski definition) is 4. The summed E-state index contributed by atoms with van der Waals surface area (Å²) in [6.07, 6.45) is 0.750. The second-order valence-electron chi connectivity index (χ2n) is 3.46. The zero-order valence-electron chi connectivity index (χ0n) is 10.1. The monoisotopic (exact) mass is 232 g/mol. The van der Waals surface area contributed by atoms with E-state index in [9.17, 15) is 4.79 Å². The van der Waals surface area contributed by atoms with Gasteiger partial charge in [0.15, 0.2) is 12.9 Å². The highest BCUT2D eigenvalue weighted by Gasteiger charge is 2.07. The van der Waals surface area contributed by atoms with Crippen molar-refractivity contribution in [1.29, 1.82) is 5.26 Å². The molecule has 4 nitrogen and oxygen atoms in total. The van der Waals surface area contributed by atoms with Crippen LogP contribution in [0.2, 0.25) is 0 Å². The molecule has 17 heavy (non-hydrogen) atoms. The number of aldehydes is 1. The van der Waals surface area contributed by atoms with Crippen LogP contribution in [0.1, 0.15) is 24.2 Å². The third kappa shape index (κ3) is 3.22. The van der Waals surface area contributed by atoms with Gasteiger partial charge in [0, 0.05) is 18.8 Å². The molecule has 0 radical (unpaired) electrons. The highest BCUT2D eigenvalue weighted by molar-refractivity contribution is 5.81. The van der Waals surface area contributed by atoms with Crippen LogP contribution in [-0.4, -0.2) is 26.0 Å². The molecule has 1 aromatic carbocycles. The Labute approximate surface area is 101 Å². The average molecular weight is 232 g/mol. The maximum absolute atomic E-state index is 11.0. The van der Waals surface area contributed by atoms with E-state index in [0.717, 1.165) is 25.1 Å². The second-order valence-corrected chi connectivity index (χ2v) is 3.46. The average Bonchev–Trinajstić information content (AvgIpc) is 2.38. The van der Waals surface area contributed by atoms with Gasteiger partial charge in [-0.3, -0.25) is 4.79 Å². The first-order valence-corrected chi connectivity index (χ1v) is 5.60. The molecule has 0 N–H and O–H groups in total. The molecule has 1 rings (SSSR count). The van der Waals surface area contributed by atoms with E-state index >= 15 is 0 Å². The van der Waals surface area contributed by atoms with Gasteiger partial charge in [0.25, 0.3) is 0 Å². The molecule has 4 heteroatoms. The summed E-state index contributed by atoms with van der Waals surface area (Å²) in [4.78, 5) is 13.1. The van der Waals surface area contributed by atoms with Gasteiger partial charge in [0.05, 0.1) is 5.56 Å². The van der Waals surface area contributed by atoms with Crippen molar-refractivity contribution in [2.75, 3.05) is 24.6 Å². The predicted octanol–water partition coefficient (Wildman–Crippen LogP) is 2.25. The number of carbonyl (C=O) groups is 1. The molecule has 0 saturated carbocycles. The molecule has 0 saturated heterocycles. The lowest BCUT2D eigenvalue weighted by Crippen LogP contribution is -2.21. The van der Waals surface area contributed by atoms with Gasteiger partial charge < -0.3 is 9.64 Å². The van der Waals surface area contributed by atoms with E-state index < -0.39 is 0 Å². The van der Waals surface area contributed by atoms with Crippen molar-refractivity contribution < 1.29 is 9.53 Å². The molecule has 0 aliphatic heterocycles. The lowest BCUT2D eigenvalue weighted by atomic mass is 10.2. The fraction of sp³-hybridized carbons (Fsp3) is 0.385.